The second kappa shape index (κ2) is 7.59. The van der Waals surface area contributed by atoms with Crippen molar-refractivity contribution in [3.8, 4) is 22.1 Å². The Kier molecular flexibility index (Phi) is 5.27. The maximum absolute atomic E-state index is 12.8. The number of aryl methyl sites for hydroxylation is 1. The van der Waals surface area contributed by atoms with Gasteiger partial charge in [0.15, 0.2) is 11.5 Å². The van der Waals surface area contributed by atoms with Crippen LogP contribution in [0, 0.1) is 0 Å². The van der Waals surface area contributed by atoms with Crippen molar-refractivity contribution in [3.05, 3.63) is 51.1 Å². The van der Waals surface area contributed by atoms with Gasteiger partial charge in [0, 0.05) is 5.54 Å². The largest absolute Gasteiger partial charge is 0.496 e. The minimum absolute atomic E-state index is 0.347. The van der Waals surface area contributed by atoms with Crippen LogP contribution in [0.2, 0.25) is 0 Å². The Balaban J connectivity index is 1.85. The highest BCUT2D eigenvalue weighted by atomic mass is 79.9. The smallest absolute Gasteiger partial charge is 0.377 e. The molecular formula is C21H22BrN3O3S. The van der Waals surface area contributed by atoms with E-state index in [-0.39, 0.29) is 5.54 Å². The lowest BCUT2D eigenvalue weighted by Gasteiger charge is -2.23. The number of hydrogen-bond acceptors (Lipinski definition) is 6. The minimum atomic E-state index is -0.470. The summed E-state index contributed by atoms with van der Waals surface area (Å²) in [6, 6.07) is 8.06. The van der Waals surface area contributed by atoms with Gasteiger partial charge < -0.3 is 9.57 Å². The van der Waals surface area contributed by atoms with Crippen molar-refractivity contribution >= 4 is 33.2 Å². The number of carbonyl (C=O) groups is 1. The zero-order valence-corrected chi connectivity index (χ0v) is 19.1. The number of thiophene rings is 1. The zero-order valence-electron chi connectivity index (χ0n) is 16.7. The highest BCUT2D eigenvalue weighted by Crippen LogP contribution is 2.39. The molecule has 6 nitrogen and oxygen atoms in total. The Bertz CT molecular complexity index is 1070. The number of hydroxylamine groups is 1. The zero-order chi connectivity index (χ0) is 20.8. The van der Waals surface area contributed by atoms with Crippen molar-refractivity contribution < 1.29 is 14.4 Å². The number of benzene rings is 1. The number of aromatic nitrogens is 2. The van der Waals surface area contributed by atoms with Crippen LogP contribution in [0.15, 0.2) is 34.1 Å². The van der Waals surface area contributed by atoms with E-state index >= 15 is 0 Å². The van der Waals surface area contributed by atoms with Crippen LogP contribution in [-0.2, 0) is 17.7 Å². The normalized spacial score (nSPS) is 13.0. The summed E-state index contributed by atoms with van der Waals surface area (Å²) in [7, 11) is 1.66. The first-order valence-corrected chi connectivity index (χ1v) is 11.0. The van der Waals surface area contributed by atoms with Crippen LogP contribution in [-0.4, -0.2) is 28.2 Å². The second-order valence-electron chi connectivity index (χ2n) is 7.90. The van der Waals surface area contributed by atoms with Gasteiger partial charge in [0.2, 0.25) is 0 Å². The molecule has 0 atom stereocenters. The predicted molar refractivity (Wildman–Crippen MR) is 117 cm³/mol. The molecule has 2 aromatic heterocycles. The molecule has 3 aromatic rings. The number of carbonyl (C=O) groups excluding carboxylic acids is 1. The monoisotopic (exact) mass is 475 g/mol. The summed E-state index contributed by atoms with van der Waals surface area (Å²) < 4.78 is 8.39. The molecular weight excluding hydrogens is 454 g/mol. The van der Waals surface area contributed by atoms with Gasteiger partial charge in [-0.2, -0.15) is 0 Å². The third-order valence-electron chi connectivity index (χ3n) is 4.58. The Morgan fingerprint density at radius 2 is 2.10 bits per heavy atom. The fraction of sp³-hybridized carbons (Fsp3) is 0.333. The Hall–Kier alpha value is -2.16. The lowest BCUT2D eigenvalue weighted by molar-refractivity contribution is 0.00393. The first-order valence-electron chi connectivity index (χ1n) is 9.29. The SMILES string of the molecule is COc1cc2c(cc1Br)-n1c(-c3cccs3)nc(C(=O)ONC(C)(C)C)c1CC2. The van der Waals surface area contributed by atoms with E-state index < -0.39 is 5.97 Å². The van der Waals surface area contributed by atoms with Crippen LogP contribution in [0.1, 0.15) is 42.5 Å². The average molecular weight is 476 g/mol. The quantitative estimate of drug-likeness (QED) is 0.541. The predicted octanol–water partition coefficient (Wildman–Crippen LogP) is 4.93. The second-order valence-corrected chi connectivity index (χ2v) is 9.70. The maximum Gasteiger partial charge on any atom is 0.377 e. The molecule has 8 heteroatoms. The molecule has 0 saturated carbocycles. The lowest BCUT2D eigenvalue weighted by atomic mass is 10.00. The highest BCUT2D eigenvalue weighted by molar-refractivity contribution is 9.10. The molecule has 0 amide bonds. The summed E-state index contributed by atoms with van der Waals surface area (Å²) in [5.41, 5.74) is 5.81. The molecule has 1 aromatic carbocycles. The number of ether oxygens (including phenoxy) is 1. The van der Waals surface area contributed by atoms with E-state index in [9.17, 15) is 4.79 Å². The summed E-state index contributed by atoms with van der Waals surface area (Å²) in [6.45, 7) is 5.80. The van der Waals surface area contributed by atoms with Crippen LogP contribution in [0.4, 0.5) is 0 Å². The highest BCUT2D eigenvalue weighted by Gasteiger charge is 2.30. The molecule has 29 heavy (non-hydrogen) atoms. The van der Waals surface area contributed by atoms with Gasteiger partial charge in [-0.3, -0.25) is 4.57 Å². The van der Waals surface area contributed by atoms with Crippen molar-refractivity contribution in [1.29, 1.82) is 0 Å². The summed E-state index contributed by atoms with van der Waals surface area (Å²) >= 11 is 5.18. The topological polar surface area (TPSA) is 65.4 Å². The van der Waals surface area contributed by atoms with Crippen molar-refractivity contribution in [2.45, 2.75) is 39.2 Å². The summed E-state index contributed by atoms with van der Waals surface area (Å²) in [5, 5.41) is 2.00. The molecule has 0 unspecified atom stereocenters. The molecule has 0 radical (unpaired) electrons. The van der Waals surface area contributed by atoms with Crippen molar-refractivity contribution in [3.63, 3.8) is 0 Å². The van der Waals surface area contributed by atoms with Crippen LogP contribution in [0.3, 0.4) is 0 Å². The molecule has 1 aliphatic heterocycles. The van der Waals surface area contributed by atoms with Crippen LogP contribution in [0.5, 0.6) is 5.75 Å². The lowest BCUT2D eigenvalue weighted by Crippen LogP contribution is -2.37. The van der Waals surface area contributed by atoms with Gasteiger partial charge in [0.05, 0.1) is 27.8 Å². The summed E-state index contributed by atoms with van der Waals surface area (Å²) in [6.07, 6.45) is 1.48. The van der Waals surface area contributed by atoms with E-state index in [4.69, 9.17) is 14.6 Å². The van der Waals surface area contributed by atoms with Crippen LogP contribution < -0.4 is 10.2 Å². The third kappa shape index (κ3) is 3.84. The molecule has 1 aliphatic rings. The molecule has 4 rings (SSSR count). The van der Waals surface area contributed by atoms with Gasteiger partial charge in [0.1, 0.15) is 5.75 Å². The fourth-order valence-corrected chi connectivity index (χ4v) is 4.53. The molecule has 3 heterocycles. The third-order valence-corrected chi connectivity index (χ3v) is 6.07. The maximum atomic E-state index is 12.8. The molecule has 0 saturated heterocycles. The number of halogens is 1. The van der Waals surface area contributed by atoms with Gasteiger partial charge >= 0.3 is 5.97 Å². The van der Waals surface area contributed by atoms with E-state index in [1.165, 1.54) is 0 Å². The number of nitrogens with one attached hydrogen (secondary N) is 1. The molecule has 0 fully saturated rings. The molecule has 152 valence electrons. The van der Waals surface area contributed by atoms with Gasteiger partial charge in [-0.15, -0.1) is 16.8 Å². The van der Waals surface area contributed by atoms with Gasteiger partial charge in [-0.05, 0) is 78.7 Å². The molecule has 0 aliphatic carbocycles. The number of fused-ring (bicyclic) bond motifs is 3. The van der Waals surface area contributed by atoms with E-state index in [2.05, 4.69) is 26.0 Å². The van der Waals surface area contributed by atoms with Gasteiger partial charge in [-0.1, -0.05) is 6.07 Å². The van der Waals surface area contributed by atoms with E-state index in [0.717, 1.165) is 44.3 Å². The molecule has 0 bridgehead atoms. The fourth-order valence-electron chi connectivity index (χ4n) is 3.33. The van der Waals surface area contributed by atoms with Crippen molar-refractivity contribution in [2.24, 2.45) is 0 Å². The van der Waals surface area contributed by atoms with Crippen molar-refractivity contribution in [2.75, 3.05) is 7.11 Å². The minimum Gasteiger partial charge on any atom is -0.496 e. The van der Waals surface area contributed by atoms with Crippen LogP contribution in [0.25, 0.3) is 16.4 Å². The van der Waals surface area contributed by atoms with Gasteiger partial charge in [-0.25, -0.2) is 9.78 Å². The van der Waals surface area contributed by atoms with E-state index in [1.807, 2.05) is 50.4 Å². The number of imidazole rings is 1. The first kappa shape index (κ1) is 20.1. The standard InChI is InChI=1S/C21H22BrN3O3S/c1-21(2,3)24-28-20(26)18-14-8-7-12-10-16(27-4)13(22)11-15(12)25(14)19(23-18)17-6-5-9-29-17/h5-6,9-11,24H,7-8H2,1-4H3. The van der Waals surface area contributed by atoms with Crippen LogP contribution >= 0.6 is 27.3 Å². The van der Waals surface area contributed by atoms with Gasteiger partial charge in [0.25, 0.3) is 0 Å². The number of methoxy groups -OCH3 is 1. The number of nitrogens with zero attached hydrogens (tertiary/aromatic N) is 2. The van der Waals surface area contributed by atoms with E-state index in [1.54, 1.807) is 18.4 Å². The van der Waals surface area contributed by atoms with E-state index in [0.29, 0.717) is 12.1 Å². The number of rotatable bonds is 4. The summed E-state index contributed by atoms with van der Waals surface area (Å²) in [4.78, 5) is 23.9. The Labute approximate surface area is 181 Å². The van der Waals surface area contributed by atoms with Crippen molar-refractivity contribution in [1.82, 2.24) is 15.0 Å². The summed E-state index contributed by atoms with van der Waals surface area (Å²) in [5.74, 6) is 1.07. The molecule has 1 N–H and O–H groups in total. The average Bonchev–Trinajstić information content (AvgIpc) is 3.32. The molecule has 0 spiro atoms. The first-order chi connectivity index (χ1) is 13.8. The number of hydrogen-bond donors (Lipinski definition) is 1. The Morgan fingerprint density at radius 1 is 1.31 bits per heavy atom. The Morgan fingerprint density at radius 3 is 2.76 bits per heavy atom.